The number of rotatable bonds is 4. The number of ether oxygens (including phenoxy) is 1. The Morgan fingerprint density at radius 1 is 1.07 bits per heavy atom. The van der Waals surface area contributed by atoms with Crippen LogP contribution < -0.4 is 4.90 Å². The minimum absolute atomic E-state index is 0.0713. The molecule has 6 heteroatoms. The SMILES string of the molecule is CC1=C[C@@H]2C[C@H]1[C@@H]1C(=O)N(c3ccc(C(=O)OCc4ccccc4Cl)cc3)C(=O)[C@H]12. The molecule has 5 nitrogen and oxygen atoms in total. The number of anilines is 1. The van der Waals surface area contributed by atoms with E-state index in [1.54, 1.807) is 36.4 Å². The maximum absolute atomic E-state index is 13.0. The topological polar surface area (TPSA) is 63.7 Å². The second-order valence-electron chi connectivity index (χ2n) is 8.19. The molecule has 5 rings (SSSR count). The molecule has 2 bridgehead atoms. The molecule has 0 radical (unpaired) electrons. The summed E-state index contributed by atoms with van der Waals surface area (Å²) in [5.41, 5.74) is 2.80. The van der Waals surface area contributed by atoms with E-state index in [0.29, 0.717) is 16.3 Å². The number of halogens is 1. The molecule has 2 aliphatic carbocycles. The van der Waals surface area contributed by atoms with E-state index in [1.165, 1.54) is 10.5 Å². The van der Waals surface area contributed by atoms with Crippen molar-refractivity contribution in [3.63, 3.8) is 0 Å². The summed E-state index contributed by atoms with van der Waals surface area (Å²) in [6.07, 6.45) is 3.06. The Balaban J connectivity index is 1.30. The zero-order valence-electron chi connectivity index (χ0n) is 16.4. The van der Waals surface area contributed by atoms with Gasteiger partial charge in [-0.3, -0.25) is 14.5 Å². The third-order valence-corrected chi connectivity index (χ3v) is 6.93. The number of benzene rings is 2. The van der Waals surface area contributed by atoms with Crippen LogP contribution in [0.4, 0.5) is 5.69 Å². The molecule has 2 aromatic carbocycles. The highest BCUT2D eigenvalue weighted by atomic mass is 35.5. The van der Waals surface area contributed by atoms with Crippen LogP contribution in [0.25, 0.3) is 0 Å². The Kier molecular flexibility index (Phi) is 4.51. The predicted octanol–water partition coefficient (Wildman–Crippen LogP) is 4.40. The van der Waals surface area contributed by atoms with Crippen LogP contribution in [0.15, 0.2) is 60.2 Å². The molecule has 2 aromatic rings. The van der Waals surface area contributed by atoms with Crippen molar-refractivity contribution in [3.05, 3.63) is 76.3 Å². The molecule has 1 aliphatic heterocycles. The van der Waals surface area contributed by atoms with Crippen LogP contribution in [0.5, 0.6) is 0 Å². The number of carbonyl (C=O) groups excluding carboxylic acids is 3. The van der Waals surface area contributed by atoms with Crippen LogP contribution in [0.2, 0.25) is 5.02 Å². The van der Waals surface area contributed by atoms with Gasteiger partial charge in [0.2, 0.25) is 11.8 Å². The Morgan fingerprint density at radius 2 is 1.77 bits per heavy atom. The summed E-state index contributed by atoms with van der Waals surface area (Å²) in [5, 5.41) is 0.538. The molecule has 1 heterocycles. The number of amides is 2. The minimum atomic E-state index is -0.490. The van der Waals surface area contributed by atoms with E-state index in [2.05, 4.69) is 6.08 Å². The Labute approximate surface area is 179 Å². The van der Waals surface area contributed by atoms with Crippen LogP contribution in [-0.4, -0.2) is 17.8 Å². The van der Waals surface area contributed by atoms with Crippen molar-refractivity contribution in [1.29, 1.82) is 0 Å². The standard InChI is InChI=1S/C24H20ClNO4/c1-13-10-16-11-18(13)21-20(16)22(27)26(23(21)28)17-8-6-14(7-9-17)24(29)30-12-15-4-2-3-5-19(15)25/h2-10,16,18,20-21H,11-12H2,1H3/t16-,18-,20+,21+/m1/s1. The van der Waals surface area contributed by atoms with Gasteiger partial charge in [-0.25, -0.2) is 4.79 Å². The van der Waals surface area contributed by atoms with E-state index in [1.807, 2.05) is 19.1 Å². The number of imide groups is 1. The van der Waals surface area contributed by atoms with Gasteiger partial charge >= 0.3 is 5.97 Å². The van der Waals surface area contributed by atoms with Crippen LogP contribution in [0.1, 0.15) is 29.3 Å². The van der Waals surface area contributed by atoms with Gasteiger partial charge < -0.3 is 4.74 Å². The zero-order chi connectivity index (χ0) is 21.0. The number of nitrogens with zero attached hydrogens (tertiary/aromatic N) is 1. The zero-order valence-corrected chi connectivity index (χ0v) is 17.1. The molecule has 4 atom stereocenters. The first kappa shape index (κ1) is 19.1. The lowest BCUT2D eigenvalue weighted by Gasteiger charge is -2.19. The van der Waals surface area contributed by atoms with Crippen molar-refractivity contribution < 1.29 is 19.1 Å². The van der Waals surface area contributed by atoms with Gasteiger partial charge in [0.1, 0.15) is 6.61 Å². The third-order valence-electron chi connectivity index (χ3n) is 6.56. The third kappa shape index (κ3) is 2.88. The number of hydrogen-bond acceptors (Lipinski definition) is 4. The molecule has 30 heavy (non-hydrogen) atoms. The van der Waals surface area contributed by atoms with E-state index >= 15 is 0 Å². The van der Waals surface area contributed by atoms with Crippen molar-refractivity contribution in [2.75, 3.05) is 4.90 Å². The van der Waals surface area contributed by atoms with E-state index in [-0.39, 0.29) is 42.1 Å². The fourth-order valence-corrected chi connectivity index (χ4v) is 5.31. The second kappa shape index (κ2) is 7.10. The summed E-state index contributed by atoms with van der Waals surface area (Å²) >= 11 is 6.08. The van der Waals surface area contributed by atoms with E-state index in [9.17, 15) is 14.4 Å². The molecular weight excluding hydrogens is 402 g/mol. The summed E-state index contributed by atoms with van der Waals surface area (Å²) in [5.74, 6) is -0.884. The summed E-state index contributed by atoms with van der Waals surface area (Å²) < 4.78 is 5.33. The quantitative estimate of drug-likeness (QED) is 0.417. The van der Waals surface area contributed by atoms with Crippen molar-refractivity contribution in [3.8, 4) is 0 Å². The normalized spacial score (nSPS) is 26.7. The highest BCUT2D eigenvalue weighted by Gasteiger charge is 2.60. The van der Waals surface area contributed by atoms with Crippen LogP contribution >= 0.6 is 11.6 Å². The van der Waals surface area contributed by atoms with Crippen molar-refractivity contribution in [2.24, 2.45) is 23.7 Å². The highest BCUT2D eigenvalue weighted by Crippen LogP contribution is 2.55. The van der Waals surface area contributed by atoms with Crippen molar-refractivity contribution in [1.82, 2.24) is 0 Å². The molecule has 0 spiro atoms. The van der Waals surface area contributed by atoms with E-state index in [4.69, 9.17) is 16.3 Å². The van der Waals surface area contributed by atoms with E-state index in [0.717, 1.165) is 12.0 Å². The fourth-order valence-electron chi connectivity index (χ4n) is 5.12. The van der Waals surface area contributed by atoms with Crippen LogP contribution in [-0.2, 0) is 20.9 Å². The summed E-state index contributed by atoms with van der Waals surface area (Å²) in [7, 11) is 0. The summed E-state index contributed by atoms with van der Waals surface area (Å²) in [6, 6.07) is 13.6. The fraction of sp³-hybridized carbons (Fsp3) is 0.292. The average molecular weight is 422 g/mol. The van der Waals surface area contributed by atoms with Crippen molar-refractivity contribution >= 4 is 35.1 Å². The first-order valence-corrected chi connectivity index (χ1v) is 10.4. The Bertz CT molecular complexity index is 1090. The number of esters is 1. The van der Waals surface area contributed by atoms with Crippen LogP contribution in [0.3, 0.4) is 0 Å². The summed E-state index contributed by atoms with van der Waals surface area (Å²) in [4.78, 5) is 39.6. The van der Waals surface area contributed by atoms with Gasteiger partial charge in [-0.2, -0.15) is 0 Å². The maximum Gasteiger partial charge on any atom is 0.338 e. The molecule has 3 aliphatic rings. The molecule has 2 amide bonds. The maximum atomic E-state index is 13.0. The largest absolute Gasteiger partial charge is 0.457 e. The van der Waals surface area contributed by atoms with Gasteiger partial charge in [-0.15, -0.1) is 0 Å². The number of hydrogen-bond donors (Lipinski definition) is 0. The smallest absolute Gasteiger partial charge is 0.338 e. The Morgan fingerprint density at radius 3 is 2.50 bits per heavy atom. The molecule has 0 aromatic heterocycles. The second-order valence-corrected chi connectivity index (χ2v) is 8.60. The van der Waals surface area contributed by atoms with Crippen LogP contribution in [0, 0.1) is 23.7 Å². The molecule has 0 N–H and O–H groups in total. The molecule has 152 valence electrons. The van der Waals surface area contributed by atoms with Gasteiger partial charge in [0.05, 0.1) is 23.1 Å². The van der Waals surface area contributed by atoms with Gasteiger partial charge in [0, 0.05) is 10.6 Å². The number of carbonyl (C=O) groups is 3. The monoisotopic (exact) mass is 421 g/mol. The van der Waals surface area contributed by atoms with Gasteiger partial charge in [-0.1, -0.05) is 41.4 Å². The minimum Gasteiger partial charge on any atom is -0.457 e. The number of allylic oxidation sites excluding steroid dienone is 2. The van der Waals surface area contributed by atoms with E-state index < -0.39 is 5.97 Å². The lowest BCUT2D eigenvalue weighted by Crippen LogP contribution is -2.32. The Hall–Kier alpha value is -2.92. The highest BCUT2D eigenvalue weighted by molar-refractivity contribution is 6.31. The van der Waals surface area contributed by atoms with Gasteiger partial charge in [0.15, 0.2) is 0 Å². The van der Waals surface area contributed by atoms with Gasteiger partial charge in [-0.05, 0) is 55.5 Å². The molecule has 1 saturated carbocycles. The lowest BCUT2D eigenvalue weighted by molar-refractivity contribution is -0.123. The lowest BCUT2D eigenvalue weighted by atomic mass is 9.82. The van der Waals surface area contributed by atoms with Gasteiger partial charge in [0.25, 0.3) is 0 Å². The first-order chi connectivity index (χ1) is 14.5. The predicted molar refractivity (Wildman–Crippen MR) is 112 cm³/mol. The molecule has 1 saturated heterocycles. The summed E-state index contributed by atoms with van der Waals surface area (Å²) in [6.45, 7) is 2.12. The van der Waals surface area contributed by atoms with Crippen molar-refractivity contribution in [2.45, 2.75) is 20.0 Å². The number of fused-ring (bicyclic) bond motifs is 5. The first-order valence-electron chi connectivity index (χ1n) is 10.0. The molecular formula is C24H20ClNO4. The molecule has 0 unspecified atom stereocenters. The average Bonchev–Trinajstić information content (AvgIpc) is 3.38. The molecule has 2 fully saturated rings.